The van der Waals surface area contributed by atoms with Gasteiger partial charge in [-0.1, -0.05) is 48.7 Å². The Morgan fingerprint density at radius 2 is 1.85 bits per heavy atom. The molecule has 1 saturated carbocycles. The lowest BCUT2D eigenvalue weighted by atomic mass is 9.81. The van der Waals surface area contributed by atoms with E-state index in [1.165, 1.54) is 17.1 Å². The fraction of sp³-hybridized carbons (Fsp3) is 0.375. The van der Waals surface area contributed by atoms with E-state index in [1.54, 1.807) is 46.2 Å². The number of hydrogen-bond acceptors (Lipinski definition) is 4. The predicted molar refractivity (Wildman–Crippen MR) is 119 cm³/mol. The van der Waals surface area contributed by atoms with Gasteiger partial charge in [0, 0.05) is 23.2 Å². The number of amides is 3. The summed E-state index contributed by atoms with van der Waals surface area (Å²) in [5, 5.41) is 1.73. The fourth-order valence-corrected chi connectivity index (χ4v) is 5.26. The molecule has 2 aromatic rings. The highest BCUT2D eigenvalue weighted by Crippen LogP contribution is 2.38. The maximum absolute atomic E-state index is 13.4. The highest BCUT2D eigenvalue weighted by Gasteiger charge is 2.54. The standard InChI is InChI=1S/C24H24ClFN4O3/c25-17-5-3-4-16(12-17)21(31)14-29-24(33)30-20-7-2-1-6-19(20)22(32)28(23(30)27-29)13-15-8-10-18(26)11-9-15/h3-5,8-12,19-20,23,27H,1-2,6-7,13-14H2. The van der Waals surface area contributed by atoms with Crippen molar-refractivity contribution in [1.29, 1.82) is 0 Å². The number of hydrazine groups is 1. The van der Waals surface area contributed by atoms with E-state index in [1.807, 2.05) is 0 Å². The van der Waals surface area contributed by atoms with Crippen LogP contribution in [-0.4, -0.2) is 51.4 Å². The van der Waals surface area contributed by atoms with E-state index in [0.717, 1.165) is 31.2 Å². The van der Waals surface area contributed by atoms with Crippen molar-refractivity contribution in [3.8, 4) is 0 Å². The van der Waals surface area contributed by atoms with Crippen LogP contribution in [0.2, 0.25) is 5.02 Å². The minimum atomic E-state index is -0.693. The predicted octanol–water partition coefficient (Wildman–Crippen LogP) is 3.79. The summed E-state index contributed by atoms with van der Waals surface area (Å²) in [5.74, 6) is -0.897. The maximum atomic E-state index is 13.4. The molecule has 5 rings (SSSR count). The second kappa shape index (κ2) is 8.76. The largest absolute Gasteiger partial charge is 0.337 e. The smallest absolute Gasteiger partial charge is 0.303 e. The number of ketones is 1. The number of nitrogens with zero attached hydrogens (tertiary/aromatic N) is 3. The van der Waals surface area contributed by atoms with Gasteiger partial charge in [-0.3, -0.25) is 14.5 Å². The molecule has 0 bridgehead atoms. The number of Topliss-reactive ketones (excluding diaryl/α,β-unsaturated/α-hetero) is 1. The number of benzene rings is 2. The first kappa shape index (κ1) is 21.9. The van der Waals surface area contributed by atoms with E-state index >= 15 is 0 Å². The topological polar surface area (TPSA) is 73.0 Å². The molecule has 3 fully saturated rings. The van der Waals surface area contributed by atoms with Crippen molar-refractivity contribution in [3.05, 3.63) is 70.5 Å². The van der Waals surface area contributed by atoms with Crippen LogP contribution >= 0.6 is 11.6 Å². The third-order valence-electron chi connectivity index (χ3n) is 6.68. The summed E-state index contributed by atoms with van der Waals surface area (Å²) >= 11 is 6.01. The first-order chi connectivity index (χ1) is 15.9. The van der Waals surface area contributed by atoms with Crippen LogP contribution < -0.4 is 5.43 Å². The van der Waals surface area contributed by atoms with Crippen LogP contribution in [0.15, 0.2) is 48.5 Å². The van der Waals surface area contributed by atoms with Crippen LogP contribution in [0.3, 0.4) is 0 Å². The van der Waals surface area contributed by atoms with Gasteiger partial charge in [0.15, 0.2) is 12.1 Å². The fourth-order valence-electron chi connectivity index (χ4n) is 5.07. The third kappa shape index (κ3) is 4.09. The zero-order valence-corrected chi connectivity index (χ0v) is 18.7. The van der Waals surface area contributed by atoms with Crippen molar-refractivity contribution in [1.82, 2.24) is 20.2 Å². The summed E-state index contributed by atoms with van der Waals surface area (Å²) < 4.78 is 13.4. The molecule has 2 aliphatic heterocycles. The van der Waals surface area contributed by atoms with Gasteiger partial charge in [-0.25, -0.2) is 14.2 Å². The van der Waals surface area contributed by atoms with Crippen LogP contribution in [0, 0.1) is 11.7 Å². The van der Waals surface area contributed by atoms with Gasteiger partial charge in [-0.2, -0.15) is 5.43 Å². The van der Waals surface area contributed by atoms with E-state index in [9.17, 15) is 18.8 Å². The lowest BCUT2D eigenvalue weighted by Crippen LogP contribution is -2.65. The van der Waals surface area contributed by atoms with E-state index < -0.39 is 6.29 Å². The molecule has 172 valence electrons. The number of carbonyl (C=O) groups is 3. The highest BCUT2D eigenvalue weighted by atomic mass is 35.5. The first-order valence-corrected chi connectivity index (χ1v) is 11.5. The van der Waals surface area contributed by atoms with Crippen molar-refractivity contribution < 1.29 is 18.8 Å². The summed E-state index contributed by atoms with van der Waals surface area (Å²) in [4.78, 5) is 43.0. The minimum absolute atomic E-state index is 0.0198. The lowest BCUT2D eigenvalue weighted by molar-refractivity contribution is -0.157. The lowest BCUT2D eigenvalue weighted by Gasteiger charge is -2.48. The second-order valence-corrected chi connectivity index (χ2v) is 9.20. The van der Waals surface area contributed by atoms with Crippen molar-refractivity contribution in [2.75, 3.05) is 6.54 Å². The first-order valence-electron chi connectivity index (χ1n) is 11.1. The molecule has 3 atom stereocenters. The van der Waals surface area contributed by atoms with Crippen molar-refractivity contribution >= 4 is 29.3 Å². The van der Waals surface area contributed by atoms with Gasteiger partial charge < -0.3 is 4.90 Å². The summed E-state index contributed by atoms with van der Waals surface area (Å²) in [5.41, 5.74) is 4.27. The van der Waals surface area contributed by atoms with Crippen molar-refractivity contribution in [2.45, 2.75) is 44.6 Å². The molecule has 0 aromatic heterocycles. The minimum Gasteiger partial charge on any atom is -0.303 e. The highest BCUT2D eigenvalue weighted by molar-refractivity contribution is 6.31. The van der Waals surface area contributed by atoms with Crippen LogP contribution in [0.5, 0.6) is 0 Å². The van der Waals surface area contributed by atoms with Gasteiger partial charge in [0.1, 0.15) is 12.4 Å². The summed E-state index contributed by atoms with van der Waals surface area (Å²) in [6, 6.07) is 12.1. The van der Waals surface area contributed by atoms with E-state index in [4.69, 9.17) is 11.6 Å². The Kier molecular flexibility index (Phi) is 5.80. The molecule has 1 aliphatic carbocycles. The van der Waals surface area contributed by atoms with Gasteiger partial charge in [0.05, 0.1) is 5.92 Å². The Bertz CT molecular complexity index is 1100. The number of nitrogens with one attached hydrogen (secondary N) is 1. The van der Waals surface area contributed by atoms with Crippen LogP contribution in [0.25, 0.3) is 0 Å². The Hall–Kier alpha value is -2.97. The zero-order valence-electron chi connectivity index (χ0n) is 17.9. The summed E-state index contributed by atoms with van der Waals surface area (Å²) in [6.45, 7) is 0.0575. The Labute approximate surface area is 196 Å². The molecule has 2 aromatic carbocycles. The molecule has 33 heavy (non-hydrogen) atoms. The Morgan fingerprint density at radius 3 is 2.61 bits per heavy atom. The van der Waals surface area contributed by atoms with Crippen LogP contribution in [0.4, 0.5) is 9.18 Å². The van der Waals surface area contributed by atoms with Gasteiger partial charge in [-0.05, 0) is 42.7 Å². The van der Waals surface area contributed by atoms with Crippen LogP contribution in [-0.2, 0) is 11.3 Å². The van der Waals surface area contributed by atoms with E-state index in [0.29, 0.717) is 10.6 Å². The second-order valence-electron chi connectivity index (χ2n) is 8.76. The summed E-state index contributed by atoms with van der Waals surface area (Å²) in [6.07, 6.45) is 2.67. The molecule has 9 heteroatoms. The molecule has 3 aliphatic rings. The SMILES string of the molecule is O=C(CN1NC2N(Cc3ccc(F)cc3)C(=O)C3CCCCC3N2C1=O)c1cccc(Cl)c1. The number of urea groups is 1. The molecule has 2 saturated heterocycles. The molecule has 1 N–H and O–H groups in total. The Balaban J connectivity index is 1.41. The van der Waals surface area contributed by atoms with Gasteiger partial charge in [0.25, 0.3) is 0 Å². The molecule has 0 spiro atoms. The van der Waals surface area contributed by atoms with Crippen molar-refractivity contribution in [2.24, 2.45) is 5.92 Å². The molecule has 2 heterocycles. The number of fused-ring (bicyclic) bond motifs is 3. The molecular weight excluding hydrogens is 447 g/mol. The molecule has 3 unspecified atom stereocenters. The average molecular weight is 471 g/mol. The number of carbonyl (C=O) groups excluding carboxylic acids is 3. The van der Waals surface area contributed by atoms with E-state index in [-0.39, 0.29) is 48.6 Å². The molecule has 7 nitrogen and oxygen atoms in total. The average Bonchev–Trinajstić information content (AvgIpc) is 3.13. The number of rotatable bonds is 5. The van der Waals surface area contributed by atoms with Crippen LogP contribution in [0.1, 0.15) is 41.6 Å². The maximum Gasteiger partial charge on any atom is 0.337 e. The Morgan fingerprint density at radius 1 is 1.09 bits per heavy atom. The molecular formula is C24H24ClFN4O3. The quantitative estimate of drug-likeness (QED) is 0.675. The zero-order chi connectivity index (χ0) is 23.1. The normalized spacial score (nSPS) is 24.7. The summed E-state index contributed by atoms with van der Waals surface area (Å²) in [7, 11) is 0. The molecule has 3 amide bonds. The van der Waals surface area contributed by atoms with Gasteiger partial charge in [0.2, 0.25) is 5.91 Å². The number of hydrogen-bond donors (Lipinski definition) is 1. The van der Waals surface area contributed by atoms with E-state index in [2.05, 4.69) is 5.43 Å². The van der Waals surface area contributed by atoms with Gasteiger partial charge in [-0.15, -0.1) is 0 Å². The van der Waals surface area contributed by atoms with Crippen molar-refractivity contribution in [3.63, 3.8) is 0 Å². The monoisotopic (exact) mass is 470 g/mol. The van der Waals surface area contributed by atoms with Gasteiger partial charge >= 0.3 is 6.03 Å². The third-order valence-corrected chi connectivity index (χ3v) is 6.92. The molecule has 0 radical (unpaired) electrons. The number of halogens is 2.